The summed E-state index contributed by atoms with van der Waals surface area (Å²) in [4.78, 5) is 2.24. The first kappa shape index (κ1) is 16.3. The molecular formula is C15H24N2O3S. The molecule has 1 aliphatic heterocycles. The molecule has 0 N–H and O–H groups in total. The number of para-hydroxylation sites is 1. The molecule has 0 spiro atoms. The molecule has 5 nitrogen and oxygen atoms in total. The fourth-order valence-electron chi connectivity index (χ4n) is 2.51. The Balaban J connectivity index is 2.11. The fraction of sp³-hybridized carbons (Fsp3) is 0.600. The summed E-state index contributed by atoms with van der Waals surface area (Å²) < 4.78 is 30.4. The molecule has 0 saturated carbocycles. The van der Waals surface area contributed by atoms with E-state index in [4.69, 9.17) is 4.74 Å². The topological polar surface area (TPSA) is 49.9 Å². The van der Waals surface area contributed by atoms with Crippen LogP contribution in [0.5, 0.6) is 5.75 Å². The summed E-state index contributed by atoms with van der Waals surface area (Å²) in [6.45, 7) is 6.82. The SMILES string of the molecule is CN(CCN1Cc2ccccc2OC(C)(C)C1)S(C)(=O)=O. The summed E-state index contributed by atoms with van der Waals surface area (Å²) in [5.41, 5.74) is 0.848. The van der Waals surface area contributed by atoms with Gasteiger partial charge in [-0.1, -0.05) is 18.2 Å². The van der Waals surface area contributed by atoms with E-state index in [9.17, 15) is 8.42 Å². The first-order chi connectivity index (χ1) is 9.67. The maximum Gasteiger partial charge on any atom is 0.210 e. The minimum Gasteiger partial charge on any atom is -0.486 e. The Labute approximate surface area is 127 Å². The van der Waals surface area contributed by atoms with Crippen LogP contribution < -0.4 is 4.74 Å². The number of sulfonamides is 1. The molecule has 0 amide bonds. The highest BCUT2D eigenvalue weighted by Crippen LogP contribution is 2.28. The first-order valence-corrected chi connectivity index (χ1v) is 8.93. The van der Waals surface area contributed by atoms with Gasteiger partial charge in [-0.05, 0) is 19.9 Å². The maximum atomic E-state index is 11.5. The Kier molecular flexibility index (Phi) is 4.60. The van der Waals surface area contributed by atoms with Gasteiger partial charge < -0.3 is 4.74 Å². The van der Waals surface area contributed by atoms with Crippen LogP contribution in [0.4, 0.5) is 0 Å². The predicted molar refractivity (Wildman–Crippen MR) is 83.9 cm³/mol. The summed E-state index contributed by atoms with van der Waals surface area (Å²) in [7, 11) is -1.51. The smallest absolute Gasteiger partial charge is 0.210 e. The molecule has 0 fully saturated rings. The summed E-state index contributed by atoms with van der Waals surface area (Å²) in [6, 6.07) is 8.02. The molecule has 1 heterocycles. The van der Waals surface area contributed by atoms with Gasteiger partial charge in [0.15, 0.2) is 0 Å². The summed E-state index contributed by atoms with van der Waals surface area (Å²) in [5, 5.41) is 0. The minimum atomic E-state index is -3.13. The van der Waals surface area contributed by atoms with Crippen molar-refractivity contribution in [2.75, 3.05) is 32.9 Å². The molecule has 1 aromatic rings. The monoisotopic (exact) mass is 312 g/mol. The van der Waals surface area contributed by atoms with Gasteiger partial charge in [-0.15, -0.1) is 0 Å². The predicted octanol–water partition coefficient (Wildman–Crippen LogP) is 1.55. The normalized spacial score (nSPS) is 18.9. The zero-order valence-electron chi connectivity index (χ0n) is 13.2. The number of rotatable bonds is 4. The fourth-order valence-corrected chi connectivity index (χ4v) is 2.92. The molecule has 0 aliphatic carbocycles. The van der Waals surface area contributed by atoms with E-state index in [1.165, 1.54) is 10.6 Å². The second-order valence-electron chi connectivity index (χ2n) is 6.26. The van der Waals surface area contributed by atoms with Crippen LogP contribution in [0.15, 0.2) is 24.3 Å². The molecule has 1 aromatic carbocycles. The van der Waals surface area contributed by atoms with Crippen molar-refractivity contribution < 1.29 is 13.2 Å². The molecule has 6 heteroatoms. The van der Waals surface area contributed by atoms with Gasteiger partial charge in [0, 0.05) is 38.8 Å². The van der Waals surface area contributed by atoms with Gasteiger partial charge in [0.1, 0.15) is 11.4 Å². The van der Waals surface area contributed by atoms with Gasteiger partial charge in [-0.25, -0.2) is 12.7 Å². The zero-order valence-corrected chi connectivity index (χ0v) is 14.0. The molecule has 0 atom stereocenters. The lowest BCUT2D eigenvalue weighted by molar-refractivity contribution is 0.0701. The molecule has 1 aliphatic rings. The van der Waals surface area contributed by atoms with Crippen molar-refractivity contribution in [3.63, 3.8) is 0 Å². The van der Waals surface area contributed by atoms with E-state index < -0.39 is 10.0 Å². The quantitative estimate of drug-likeness (QED) is 0.846. The number of hydrogen-bond acceptors (Lipinski definition) is 4. The standard InChI is InChI=1S/C15H24N2O3S/c1-15(2)12-17(10-9-16(3)21(4,18)19)11-13-7-5-6-8-14(13)20-15/h5-8H,9-12H2,1-4H3. The molecule has 0 saturated heterocycles. The summed E-state index contributed by atoms with van der Waals surface area (Å²) >= 11 is 0. The minimum absolute atomic E-state index is 0.295. The van der Waals surface area contributed by atoms with Crippen molar-refractivity contribution in [3.8, 4) is 5.75 Å². The number of benzene rings is 1. The van der Waals surface area contributed by atoms with E-state index >= 15 is 0 Å². The van der Waals surface area contributed by atoms with Gasteiger partial charge in [-0.2, -0.15) is 0 Å². The summed E-state index contributed by atoms with van der Waals surface area (Å²) in [6.07, 6.45) is 1.23. The van der Waals surface area contributed by atoms with Crippen LogP contribution in [-0.2, 0) is 16.6 Å². The van der Waals surface area contributed by atoms with Crippen LogP contribution in [0.3, 0.4) is 0 Å². The van der Waals surface area contributed by atoms with E-state index in [2.05, 4.69) is 24.8 Å². The van der Waals surface area contributed by atoms with E-state index in [1.54, 1.807) is 7.05 Å². The van der Waals surface area contributed by atoms with Gasteiger partial charge in [-0.3, -0.25) is 4.90 Å². The van der Waals surface area contributed by atoms with Crippen LogP contribution >= 0.6 is 0 Å². The van der Waals surface area contributed by atoms with Gasteiger partial charge in [0.2, 0.25) is 10.0 Å². The van der Waals surface area contributed by atoms with E-state index in [1.807, 2.05) is 18.2 Å². The lowest BCUT2D eigenvalue weighted by Crippen LogP contribution is -2.43. The Hall–Kier alpha value is -1.11. The molecule has 2 rings (SSSR count). The van der Waals surface area contributed by atoms with Crippen LogP contribution in [0.2, 0.25) is 0 Å². The molecule has 0 unspecified atom stereocenters. The number of nitrogens with zero attached hydrogens (tertiary/aromatic N) is 2. The lowest BCUT2D eigenvalue weighted by Gasteiger charge is -2.30. The van der Waals surface area contributed by atoms with Crippen molar-refractivity contribution >= 4 is 10.0 Å². The Bertz CT molecular complexity index is 599. The van der Waals surface area contributed by atoms with Crippen molar-refractivity contribution in [2.24, 2.45) is 0 Å². The third-order valence-electron chi connectivity index (χ3n) is 3.65. The maximum absolute atomic E-state index is 11.5. The average molecular weight is 312 g/mol. The van der Waals surface area contributed by atoms with Crippen molar-refractivity contribution in [2.45, 2.75) is 26.0 Å². The highest BCUT2D eigenvalue weighted by molar-refractivity contribution is 7.88. The number of likely N-dealkylation sites (N-methyl/N-ethyl adjacent to an activating group) is 1. The van der Waals surface area contributed by atoms with Gasteiger partial charge >= 0.3 is 0 Å². The molecule has 0 aromatic heterocycles. The number of hydrogen-bond donors (Lipinski definition) is 0. The third kappa shape index (κ3) is 4.43. The van der Waals surface area contributed by atoms with Gasteiger partial charge in [0.25, 0.3) is 0 Å². The van der Waals surface area contributed by atoms with Crippen LogP contribution in [-0.4, -0.2) is 56.2 Å². The van der Waals surface area contributed by atoms with Crippen LogP contribution in [0.1, 0.15) is 19.4 Å². The van der Waals surface area contributed by atoms with Crippen LogP contribution in [0.25, 0.3) is 0 Å². The van der Waals surface area contributed by atoms with Crippen molar-refractivity contribution in [1.82, 2.24) is 9.21 Å². The molecular weight excluding hydrogens is 288 g/mol. The molecule has 0 radical (unpaired) electrons. The first-order valence-electron chi connectivity index (χ1n) is 7.08. The molecule has 0 bridgehead atoms. The second kappa shape index (κ2) is 5.94. The number of ether oxygens (including phenoxy) is 1. The lowest BCUT2D eigenvalue weighted by atomic mass is 10.1. The zero-order chi connectivity index (χ0) is 15.7. The Morgan fingerprint density at radius 2 is 2.00 bits per heavy atom. The van der Waals surface area contributed by atoms with E-state index in [0.717, 1.165) is 24.4 Å². The van der Waals surface area contributed by atoms with Gasteiger partial charge in [0.05, 0.1) is 6.26 Å². The third-order valence-corrected chi connectivity index (χ3v) is 4.97. The largest absolute Gasteiger partial charge is 0.486 e. The number of fused-ring (bicyclic) bond motifs is 1. The second-order valence-corrected chi connectivity index (χ2v) is 8.35. The average Bonchev–Trinajstić information content (AvgIpc) is 2.48. The molecule has 118 valence electrons. The molecule has 21 heavy (non-hydrogen) atoms. The van der Waals surface area contributed by atoms with Crippen molar-refractivity contribution in [1.29, 1.82) is 0 Å². The van der Waals surface area contributed by atoms with Crippen LogP contribution in [0, 0.1) is 0 Å². The van der Waals surface area contributed by atoms with Crippen molar-refractivity contribution in [3.05, 3.63) is 29.8 Å². The van der Waals surface area contributed by atoms with E-state index in [0.29, 0.717) is 13.1 Å². The summed E-state index contributed by atoms with van der Waals surface area (Å²) in [5.74, 6) is 0.918. The highest BCUT2D eigenvalue weighted by atomic mass is 32.2. The van der Waals surface area contributed by atoms with E-state index in [-0.39, 0.29) is 5.60 Å². The Morgan fingerprint density at radius 3 is 2.67 bits per heavy atom. The highest BCUT2D eigenvalue weighted by Gasteiger charge is 2.29. The Morgan fingerprint density at radius 1 is 1.33 bits per heavy atom.